The number of anilines is 1. The van der Waals surface area contributed by atoms with Crippen LogP contribution in [0.4, 0.5) is 5.82 Å². The van der Waals surface area contributed by atoms with E-state index in [-0.39, 0.29) is 23.9 Å². The minimum Gasteiger partial charge on any atom is -0.467 e. The fraction of sp³-hybridized carbons (Fsp3) is 0.192. The van der Waals surface area contributed by atoms with Crippen LogP contribution in [0.2, 0.25) is 0 Å². The van der Waals surface area contributed by atoms with Gasteiger partial charge in [0.15, 0.2) is 0 Å². The Bertz CT molecular complexity index is 1460. The predicted molar refractivity (Wildman–Crippen MR) is 127 cm³/mol. The van der Waals surface area contributed by atoms with Crippen LogP contribution in [0.1, 0.15) is 36.8 Å². The van der Waals surface area contributed by atoms with Crippen LogP contribution in [0.3, 0.4) is 0 Å². The number of carbonyl (C=O) groups excluding carboxylic acids is 3. The Kier molecular flexibility index (Phi) is 5.02. The van der Waals surface area contributed by atoms with Gasteiger partial charge in [-0.2, -0.15) is 0 Å². The zero-order valence-corrected chi connectivity index (χ0v) is 18.8. The van der Waals surface area contributed by atoms with Crippen LogP contribution in [0.5, 0.6) is 0 Å². The molecule has 0 atom stereocenters. The smallest absolute Gasteiger partial charge is 0.261 e. The number of fused-ring (bicyclic) bond motifs is 2. The van der Waals surface area contributed by atoms with Gasteiger partial charge >= 0.3 is 0 Å². The zero-order valence-electron chi connectivity index (χ0n) is 18.8. The molecule has 2 aliphatic rings. The molecule has 2 aromatic heterocycles. The second-order valence-corrected chi connectivity index (χ2v) is 8.53. The highest BCUT2D eigenvalue weighted by molar-refractivity contribution is 6.22. The normalized spacial score (nSPS) is 15.7. The maximum absolute atomic E-state index is 13.2. The molecule has 2 aromatic carbocycles. The largest absolute Gasteiger partial charge is 0.467 e. The lowest BCUT2D eigenvalue weighted by Crippen LogP contribution is -2.49. The molecule has 4 heterocycles. The van der Waals surface area contributed by atoms with Gasteiger partial charge in [-0.3, -0.25) is 24.3 Å². The second kappa shape index (κ2) is 8.35. The lowest BCUT2D eigenvalue weighted by molar-refractivity contribution is 0.0631. The van der Waals surface area contributed by atoms with Gasteiger partial charge in [-0.1, -0.05) is 12.1 Å². The number of hydrogen-bond acceptors (Lipinski definition) is 7. The van der Waals surface area contributed by atoms with Gasteiger partial charge in [-0.15, -0.1) is 0 Å². The summed E-state index contributed by atoms with van der Waals surface area (Å²) in [5.74, 6) is 0.335. The van der Waals surface area contributed by atoms with Gasteiger partial charge in [-0.25, -0.2) is 4.98 Å². The minimum atomic E-state index is -0.421. The maximum Gasteiger partial charge on any atom is 0.261 e. The third-order valence-electron chi connectivity index (χ3n) is 6.44. The number of furan rings is 1. The van der Waals surface area contributed by atoms with Crippen LogP contribution < -0.4 is 4.90 Å². The van der Waals surface area contributed by atoms with E-state index < -0.39 is 5.91 Å². The number of nitrogens with zero attached hydrogens (tertiary/aromatic N) is 5. The van der Waals surface area contributed by atoms with E-state index in [0.717, 1.165) is 21.8 Å². The maximum atomic E-state index is 13.2. The quantitative estimate of drug-likeness (QED) is 0.426. The highest BCUT2D eigenvalue weighted by Crippen LogP contribution is 2.27. The summed E-state index contributed by atoms with van der Waals surface area (Å²) in [5, 5.41) is 0. The van der Waals surface area contributed by atoms with Gasteiger partial charge in [-0.05, 0) is 42.5 Å². The van der Waals surface area contributed by atoms with Gasteiger partial charge in [0.25, 0.3) is 17.7 Å². The lowest BCUT2D eigenvalue weighted by atomic mass is 10.0. The monoisotopic (exact) mass is 467 g/mol. The first-order valence-electron chi connectivity index (χ1n) is 11.4. The Morgan fingerprint density at radius 3 is 2.43 bits per heavy atom. The Morgan fingerprint density at radius 1 is 0.886 bits per heavy atom. The molecule has 9 heteroatoms. The van der Waals surface area contributed by atoms with Crippen molar-refractivity contribution in [1.29, 1.82) is 0 Å². The predicted octanol–water partition coefficient (Wildman–Crippen LogP) is 2.98. The Hall–Kier alpha value is -4.53. The summed E-state index contributed by atoms with van der Waals surface area (Å²) in [6.45, 7) is 2.34. The van der Waals surface area contributed by atoms with Crippen molar-refractivity contribution in [1.82, 2.24) is 19.8 Å². The summed E-state index contributed by atoms with van der Waals surface area (Å²) >= 11 is 0. The molecule has 0 spiro atoms. The third-order valence-corrected chi connectivity index (χ3v) is 6.44. The molecule has 2 aliphatic heterocycles. The van der Waals surface area contributed by atoms with Crippen molar-refractivity contribution in [3.63, 3.8) is 0 Å². The molecule has 174 valence electrons. The molecular formula is C26H21N5O4. The number of benzene rings is 2. The van der Waals surface area contributed by atoms with Crippen LogP contribution in [0.15, 0.2) is 71.5 Å². The number of amides is 3. The molecule has 0 unspecified atom stereocenters. The highest BCUT2D eigenvalue weighted by Gasteiger charge is 2.37. The molecule has 35 heavy (non-hydrogen) atoms. The van der Waals surface area contributed by atoms with Crippen molar-refractivity contribution < 1.29 is 18.8 Å². The number of rotatable bonds is 4. The Morgan fingerprint density at radius 2 is 1.66 bits per heavy atom. The molecule has 1 fully saturated rings. The number of hydrogen-bond donors (Lipinski definition) is 0. The number of imide groups is 1. The first kappa shape index (κ1) is 21.0. The molecular weight excluding hydrogens is 446 g/mol. The van der Waals surface area contributed by atoms with Crippen molar-refractivity contribution >= 4 is 34.6 Å². The standard InChI is InChI=1S/C26H21N5O4/c32-24(30-11-9-29(10-12-30)23-15-27-21-5-1-2-6-22(21)28-23)17-7-8-19-20(14-17)26(34)31(25(19)33)16-18-4-3-13-35-18/h1-8,13-15H,9-12,16H2. The second-order valence-electron chi connectivity index (χ2n) is 8.53. The number of piperazine rings is 1. The van der Waals surface area contributed by atoms with Gasteiger partial charge < -0.3 is 14.2 Å². The fourth-order valence-electron chi connectivity index (χ4n) is 4.55. The van der Waals surface area contributed by atoms with Crippen molar-refractivity contribution in [2.24, 2.45) is 0 Å². The van der Waals surface area contributed by atoms with Crippen LogP contribution in [-0.4, -0.2) is 63.7 Å². The van der Waals surface area contributed by atoms with E-state index in [4.69, 9.17) is 9.40 Å². The summed E-state index contributed by atoms with van der Waals surface area (Å²) in [5.41, 5.74) is 2.62. The van der Waals surface area contributed by atoms with Crippen LogP contribution in [0, 0.1) is 0 Å². The topological polar surface area (TPSA) is 99.8 Å². The van der Waals surface area contributed by atoms with Gasteiger partial charge in [0.1, 0.15) is 11.6 Å². The van der Waals surface area contributed by atoms with Crippen molar-refractivity contribution in [2.45, 2.75) is 6.54 Å². The first-order valence-corrected chi connectivity index (χ1v) is 11.4. The summed E-state index contributed by atoms with van der Waals surface area (Å²) < 4.78 is 5.27. The molecule has 9 nitrogen and oxygen atoms in total. The summed E-state index contributed by atoms with van der Waals surface area (Å²) in [6.07, 6.45) is 3.26. The molecule has 0 N–H and O–H groups in total. The van der Waals surface area contributed by atoms with Crippen LogP contribution in [-0.2, 0) is 6.54 Å². The van der Waals surface area contributed by atoms with E-state index in [1.807, 2.05) is 24.3 Å². The molecule has 0 saturated carbocycles. The molecule has 0 aliphatic carbocycles. The van der Waals surface area contributed by atoms with Crippen molar-refractivity contribution in [2.75, 3.05) is 31.1 Å². The van der Waals surface area contributed by atoms with E-state index in [1.54, 1.807) is 35.4 Å². The van der Waals surface area contributed by atoms with E-state index in [2.05, 4.69) is 9.88 Å². The summed E-state index contributed by atoms with van der Waals surface area (Å²) in [6, 6.07) is 15.8. The summed E-state index contributed by atoms with van der Waals surface area (Å²) in [4.78, 5) is 53.0. The first-order chi connectivity index (χ1) is 17.1. The Balaban J connectivity index is 1.15. The molecule has 6 rings (SSSR count). The average Bonchev–Trinajstić information content (AvgIpc) is 3.51. The van der Waals surface area contributed by atoms with Crippen molar-refractivity contribution in [3.8, 4) is 0 Å². The van der Waals surface area contributed by atoms with E-state index in [0.29, 0.717) is 43.1 Å². The molecule has 0 radical (unpaired) electrons. The number of para-hydroxylation sites is 2. The molecule has 1 saturated heterocycles. The van der Waals surface area contributed by atoms with Gasteiger partial charge in [0.05, 0.1) is 41.2 Å². The van der Waals surface area contributed by atoms with Crippen LogP contribution in [0.25, 0.3) is 11.0 Å². The average molecular weight is 467 g/mol. The molecule has 4 aromatic rings. The van der Waals surface area contributed by atoms with Gasteiger partial charge in [0.2, 0.25) is 0 Å². The summed E-state index contributed by atoms with van der Waals surface area (Å²) in [7, 11) is 0. The van der Waals surface area contributed by atoms with Gasteiger partial charge in [0, 0.05) is 31.7 Å². The Labute approximate surface area is 200 Å². The molecule has 0 bridgehead atoms. The van der Waals surface area contributed by atoms with E-state index in [9.17, 15) is 14.4 Å². The minimum absolute atomic E-state index is 0.0578. The van der Waals surface area contributed by atoms with Crippen LogP contribution >= 0.6 is 0 Å². The zero-order chi connectivity index (χ0) is 23.9. The number of carbonyl (C=O) groups is 3. The molecule has 3 amide bonds. The fourth-order valence-corrected chi connectivity index (χ4v) is 4.55. The van der Waals surface area contributed by atoms with E-state index >= 15 is 0 Å². The van der Waals surface area contributed by atoms with Crippen molar-refractivity contribution in [3.05, 3.63) is 89.5 Å². The van der Waals surface area contributed by atoms with E-state index in [1.165, 1.54) is 12.3 Å². The third kappa shape index (κ3) is 3.71. The SMILES string of the molecule is O=C(c1ccc2c(c1)C(=O)N(Cc1ccco1)C2=O)N1CCN(c2cnc3ccccc3n2)CC1. The lowest BCUT2D eigenvalue weighted by Gasteiger charge is -2.35. The highest BCUT2D eigenvalue weighted by atomic mass is 16.3. The number of aromatic nitrogens is 2.